The summed E-state index contributed by atoms with van der Waals surface area (Å²) in [5.41, 5.74) is 2.08. The lowest BCUT2D eigenvalue weighted by atomic mass is 9.93. The third-order valence-corrected chi connectivity index (χ3v) is 7.90. The van der Waals surface area contributed by atoms with Crippen molar-refractivity contribution >= 4 is 11.8 Å². The highest BCUT2D eigenvalue weighted by Gasteiger charge is 2.16. The second kappa shape index (κ2) is 16.9. The third kappa shape index (κ3) is 11.2. The van der Waals surface area contributed by atoms with Gasteiger partial charge in [-0.3, -0.25) is 0 Å². The summed E-state index contributed by atoms with van der Waals surface area (Å²) >= 11 is 1.51. The van der Waals surface area contributed by atoms with Gasteiger partial charge in [0.2, 0.25) is 0 Å². The molecular formula is C31H48O2S. The number of benzene rings is 2. The molecule has 0 spiro atoms. The normalized spacial score (nSPS) is 12.2. The van der Waals surface area contributed by atoms with Gasteiger partial charge < -0.3 is 10.2 Å². The summed E-state index contributed by atoms with van der Waals surface area (Å²) in [6.45, 7) is 6.51. The van der Waals surface area contributed by atoms with Crippen LogP contribution in [0.5, 0.6) is 11.5 Å². The summed E-state index contributed by atoms with van der Waals surface area (Å²) in [5, 5.41) is 21.1. The fourth-order valence-electron chi connectivity index (χ4n) is 4.60. The van der Waals surface area contributed by atoms with Crippen molar-refractivity contribution < 1.29 is 10.2 Å². The van der Waals surface area contributed by atoms with Gasteiger partial charge in [0.1, 0.15) is 11.5 Å². The zero-order valence-corrected chi connectivity index (χ0v) is 22.8. The average Bonchev–Trinajstić information content (AvgIpc) is 2.82. The minimum absolute atomic E-state index is 0.232. The molecule has 190 valence electrons. The van der Waals surface area contributed by atoms with E-state index in [0.717, 1.165) is 21.8 Å². The molecule has 0 aliphatic rings. The van der Waals surface area contributed by atoms with Gasteiger partial charge in [-0.2, -0.15) is 0 Å². The second-order valence-electron chi connectivity index (χ2n) is 10.1. The van der Waals surface area contributed by atoms with E-state index in [0.29, 0.717) is 5.75 Å². The third-order valence-electron chi connectivity index (χ3n) is 6.86. The number of rotatable bonds is 18. The number of aromatic hydroxyl groups is 2. The maximum atomic E-state index is 10.9. The lowest BCUT2D eigenvalue weighted by molar-refractivity contribution is 0.433. The van der Waals surface area contributed by atoms with Crippen molar-refractivity contribution in [2.24, 2.45) is 0 Å². The van der Waals surface area contributed by atoms with Crippen molar-refractivity contribution in [3.05, 3.63) is 47.5 Å². The van der Waals surface area contributed by atoms with E-state index in [1.807, 2.05) is 0 Å². The van der Waals surface area contributed by atoms with E-state index in [4.69, 9.17) is 0 Å². The number of aryl methyl sites for hydroxylation is 1. The molecule has 0 aliphatic heterocycles. The van der Waals surface area contributed by atoms with Gasteiger partial charge in [0.15, 0.2) is 0 Å². The molecule has 0 bridgehead atoms. The SMILES string of the molecule is CCCCCCCCCCCCCCCCC(C)c1cc(O)cc(Sc2ccc(C)cc2)c1O. The molecule has 0 heterocycles. The summed E-state index contributed by atoms with van der Waals surface area (Å²) in [5.74, 6) is 0.790. The van der Waals surface area contributed by atoms with E-state index in [1.54, 1.807) is 12.1 Å². The highest BCUT2D eigenvalue weighted by molar-refractivity contribution is 7.99. The number of phenols is 2. The Bertz CT molecular complexity index is 800. The number of phenolic OH excluding ortho intramolecular Hbond substituents is 2. The molecule has 2 N–H and O–H groups in total. The van der Waals surface area contributed by atoms with Crippen molar-refractivity contribution in [1.29, 1.82) is 0 Å². The van der Waals surface area contributed by atoms with Crippen LogP contribution >= 0.6 is 11.8 Å². The molecule has 0 aromatic heterocycles. The van der Waals surface area contributed by atoms with E-state index in [-0.39, 0.29) is 11.7 Å². The van der Waals surface area contributed by atoms with Crippen molar-refractivity contribution in [2.75, 3.05) is 0 Å². The standard InChI is InChI=1S/C31H48O2S/c1-4-5-6-7-8-9-10-11-12-13-14-15-16-17-18-26(3)29-23-27(32)24-30(31(29)33)34-28-21-19-25(2)20-22-28/h19-24,26,32-33H,4-18H2,1-3H3. The van der Waals surface area contributed by atoms with Crippen LogP contribution < -0.4 is 0 Å². The maximum absolute atomic E-state index is 10.9. The van der Waals surface area contributed by atoms with Crippen LogP contribution in [0.15, 0.2) is 46.2 Å². The van der Waals surface area contributed by atoms with Crippen LogP contribution in [0.2, 0.25) is 0 Å². The monoisotopic (exact) mass is 484 g/mol. The Morgan fingerprint density at radius 1 is 0.706 bits per heavy atom. The highest BCUT2D eigenvalue weighted by Crippen LogP contribution is 2.42. The van der Waals surface area contributed by atoms with Gasteiger partial charge in [-0.05, 0) is 43.5 Å². The molecular weight excluding hydrogens is 436 g/mol. The average molecular weight is 485 g/mol. The fourth-order valence-corrected chi connectivity index (χ4v) is 5.52. The first-order valence-electron chi connectivity index (χ1n) is 13.8. The first-order chi connectivity index (χ1) is 16.5. The van der Waals surface area contributed by atoms with Gasteiger partial charge in [-0.15, -0.1) is 0 Å². The molecule has 2 aromatic carbocycles. The van der Waals surface area contributed by atoms with Gasteiger partial charge in [-0.25, -0.2) is 0 Å². The summed E-state index contributed by atoms with van der Waals surface area (Å²) in [7, 11) is 0. The molecule has 0 saturated carbocycles. The summed E-state index contributed by atoms with van der Waals surface area (Å²) in [6, 6.07) is 11.7. The van der Waals surface area contributed by atoms with Crippen LogP contribution in [-0.2, 0) is 0 Å². The lowest BCUT2D eigenvalue weighted by Crippen LogP contribution is -1.96. The first-order valence-corrected chi connectivity index (χ1v) is 14.6. The summed E-state index contributed by atoms with van der Waals surface area (Å²) in [6.07, 6.45) is 20.2. The van der Waals surface area contributed by atoms with Crippen LogP contribution in [0.3, 0.4) is 0 Å². The van der Waals surface area contributed by atoms with Crippen LogP contribution in [0, 0.1) is 6.92 Å². The summed E-state index contributed by atoms with van der Waals surface area (Å²) < 4.78 is 0. The quantitative estimate of drug-likeness (QED) is 0.163. The zero-order valence-electron chi connectivity index (χ0n) is 22.0. The predicted octanol–water partition coefficient (Wildman–Crippen LogP) is 10.5. The predicted molar refractivity (Wildman–Crippen MR) is 148 cm³/mol. The number of unbranched alkanes of at least 4 members (excludes halogenated alkanes) is 13. The number of hydrogen-bond donors (Lipinski definition) is 2. The minimum atomic E-state index is 0.232. The fraction of sp³-hybridized carbons (Fsp3) is 0.613. The molecule has 0 saturated heterocycles. The second-order valence-corrected chi connectivity index (χ2v) is 11.2. The van der Waals surface area contributed by atoms with Gasteiger partial charge in [0.05, 0.1) is 4.90 Å². The Morgan fingerprint density at radius 2 is 1.21 bits per heavy atom. The van der Waals surface area contributed by atoms with Crippen molar-refractivity contribution in [3.8, 4) is 11.5 Å². The van der Waals surface area contributed by atoms with Crippen molar-refractivity contribution in [2.45, 2.75) is 133 Å². The molecule has 2 nitrogen and oxygen atoms in total. The molecule has 0 amide bonds. The topological polar surface area (TPSA) is 40.5 Å². The van der Waals surface area contributed by atoms with Gasteiger partial charge in [0, 0.05) is 10.5 Å². The van der Waals surface area contributed by atoms with Gasteiger partial charge in [-0.1, -0.05) is 133 Å². The Labute approximate surface area is 213 Å². The lowest BCUT2D eigenvalue weighted by Gasteiger charge is -2.17. The van der Waals surface area contributed by atoms with E-state index in [9.17, 15) is 10.2 Å². The Kier molecular flexibility index (Phi) is 14.2. The van der Waals surface area contributed by atoms with Crippen molar-refractivity contribution in [1.82, 2.24) is 0 Å². The Balaban J connectivity index is 1.62. The van der Waals surface area contributed by atoms with Crippen LogP contribution in [0.1, 0.15) is 127 Å². The molecule has 0 radical (unpaired) electrons. The van der Waals surface area contributed by atoms with E-state index in [2.05, 4.69) is 45.0 Å². The molecule has 2 aromatic rings. The van der Waals surface area contributed by atoms with Gasteiger partial charge >= 0.3 is 0 Å². The Morgan fingerprint density at radius 3 is 1.74 bits per heavy atom. The number of hydrogen-bond acceptors (Lipinski definition) is 3. The molecule has 3 heteroatoms. The van der Waals surface area contributed by atoms with Crippen LogP contribution in [-0.4, -0.2) is 10.2 Å². The molecule has 34 heavy (non-hydrogen) atoms. The van der Waals surface area contributed by atoms with Crippen molar-refractivity contribution in [3.63, 3.8) is 0 Å². The largest absolute Gasteiger partial charge is 0.508 e. The van der Waals surface area contributed by atoms with Crippen LogP contribution in [0.4, 0.5) is 0 Å². The van der Waals surface area contributed by atoms with Crippen LogP contribution in [0.25, 0.3) is 0 Å². The summed E-state index contributed by atoms with van der Waals surface area (Å²) in [4.78, 5) is 1.80. The molecule has 0 fully saturated rings. The molecule has 1 unspecified atom stereocenters. The maximum Gasteiger partial charge on any atom is 0.133 e. The van der Waals surface area contributed by atoms with E-state index < -0.39 is 0 Å². The first kappa shape index (κ1) is 28.6. The van der Waals surface area contributed by atoms with Gasteiger partial charge in [0.25, 0.3) is 0 Å². The highest BCUT2D eigenvalue weighted by atomic mass is 32.2. The van der Waals surface area contributed by atoms with E-state index >= 15 is 0 Å². The molecule has 2 rings (SSSR count). The smallest absolute Gasteiger partial charge is 0.133 e. The van der Waals surface area contributed by atoms with E-state index in [1.165, 1.54) is 107 Å². The Hall–Kier alpha value is -1.61. The zero-order chi connectivity index (χ0) is 24.6. The minimum Gasteiger partial charge on any atom is -0.508 e. The molecule has 1 atom stereocenters. The molecule has 0 aliphatic carbocycles.